The van der Waals surface area contributed by atoms with Crippen molar-refractivity contribution in [2.24, 2.45) is 0 Å². The normalized spacial score (nSPS) is 16.5. The van der Waals surface area contributed by atoms with Crippen LogP contribution in [0, 0.1) is 0 Å². The van der Waals surface area contributed by atoms with E-state index in [2.05, 4.69) is 16.3 Å². The lowest BCUT2D eigenvalue weighted by Crippen LogP contribution is -2.31. The Morgan fingerprint density at radius 2 is 2.06 bits per heavy atom. The standard InChI is InChI=1S/C15H24N2O/c1-18-15-8-5-7-14(13-15)16-9-6-12-17-10-3-2-4-11-17/h5,7-8,13,16H,2-4,6,9-12H2,1H3. The van der Waals surface area contributed by atoms with Gasteiger partial charge in [0.05, 0.1) is 7.11 Å². The summed E-state index contributed by atoms with van der Waals surface area (Å²) in [6.45, 7) is 4.83. The van der Waals surface area contributed by atoms with Gasteiger partial charge in [-0.1, -0.05) is 12.5 Å². The van der Waals surface area contributed by atoms with Crippen molar-refractivity contribution in [1.82, 2.24) is 4.90 Å². The molecule has 0 aromatic heterocycles. The minimum Gasteiger partial charge on any atom is -0.497 e. The summed E-state index contributed by atoms with van der Waals surface area (Å²) in [4.78, 5) is 2.58. The molecule has 18 heavy (non-hydrogen) atoms. The Hall–Kier alpha value is -1.22. The molecule has 0 spiro atoms. The highest BCUT2D eigenvalue weighted by molar-refractivity contribution is 5.47. The molecule has 1 saturated heterocycles. The number of benzene rings is 1. The van der Waals surface area contributed by atoms with Crippen molar-refractivity contribution in [2.75, 3.05) is 38.6 Å². The molecule has 3 heteroatoms. The quantitative estimate of drug-likeness (QED) is 0.783. The molecule has 1 aromatic rings. The van der Waals surface area contributed by atoms with Gasteiger partial charge in [-0.25, -0.2) is 0 Å². The van der Waals surface area contributed by atoms with Gasteiger partial charge in [0, 0.05) is 18.3 Å². The molecule has 0 atom stereocenters. The number of anilines is 1. The van der Waals surface area contributed by atoms with Crippen LogP contribution in [0.1, 0.15) is 25.7 Å². The molecule has 1 aliphatic rings. The van der Waals surface area contributed by atoms with Gasteiger partial charge < -0.3 is 15.0 Å². The topological polar surface area (TPSA) is 24.5 Å². The van der Waals surface area contributed by atoms with Crippen molar-refractivity contribution in [3.8, 4) is 5.75 Å². The van der Waals surface area contributed by atoms with Crippen LogP contribution in [-0.2, 0) is 0 Å². The minimum atomic E-state index is 0.913. The fourth-order valence-electron chi connectivity index (χ4n) is 2.45. The fourth-order valence-corrected chi connectivity index (χ4v) is 2.45. The van der Waals surface area contributed by atoms with Crippen LogP contribution in [0.5, 0.6) is 5.75 Å². The summed E-state index contributed by atoms with van der Waals surface area (Å²) in [5, 5.41) is 3.45. The lowest BCUT2D eigenvalue weighted by Gasteiger charge is -2.26. The van der Waals surface area contributed by atoms with Gasteiger partial charge in [-0.05, 0) is 51.0 Å². The maximum Gasteiger partial charge on any atom is 0.120 e. The first-order valence-electron chi connectivity index (χ1n) is 6.99. The monoisotopic (exact) mass is 248 g/mol. The second-order valence-electron chi connectivity index (χ2n) is 4.91. The number of nitrogens with one attached hydrogen (secondary N) is 1. The van der Waals surface area contributed by atoms with Crippen LogP contribution in [-0.4, -0.2) is 38.2 Å². The van der Waals surface area contributed by atoms with E-state index in [0.717, 1.165) is 18.0 Å². The predicted octanol–water partition coefficient (Wildman–Crippen LogP) is 2.98. The summed E-state index contributed by atoms with van der Waals surface area (Å²) in [7, 11) is 1.70. The molecule has 0 saturated carbocycles. The second kappa shape index (κ2) is 7.27. The number of likely N-dealkylation sites (tertiary alicyclic amines) is 1. The molecule has 3 nitrogen and oxygen atoms in total. The van der Waals surface area contributed by atoms with Crippen molar-refractivity contribution in [1.29, 1.82) is 0 Å². The predicted molar refractivity (Wildman–Crippen MR) is 76.4 cm³/mol. The number of methoxy groups -OCH3 is 1. The van der Waals surface area contributed by atoms with E-state index < -0.39 is 0 Å². The molecule has 1 aromatic carbocycles. The summed E-state index contributed by atoms with van der Waals surface area (Å²) in [6, 6.07) is 8.12. The Balaban J connectivity index is 1.65. The summed E-state index contributed by atoms with van der Waals surface area (Å²) in [6.07, 6.45) is 5.38. The Morgan fingerprint density at radius 1 is 1.22 bits per heavy atom. The van der Waals surface area contributed by atoms with Crippen molar-refractivity contribution in [3.63, 3.8) is 0 Å². The molecular formula is C15H24N2O. The van der Waals surface area contributed by atoms with Crippen molar-refractivity contribution < 1.29 is 4.74 Å². The van der Waals surface area contributed by atoms with E-state index in [1.165, 1.54) is 45.3 Å². The molecule has 0 radical (unpaired) electrons. The average Bonchev–Trinajstić information content (AvgIpc) is 2.45. The van der Waals surface area contributed by atoms with Gasteiger partial charge in [0.25, 0.3) is 0 Å². The molecule has 1 aliphatic heterocycles. The number of piperidine rings is 1. The van der Waals surface area contributed by atoms with Crippen LogP contribution in [0.25, 0.3) is 0 Å². The van der Waals surface area contributed by atoms with E-state index in [-0.39, 0.29) is 0 Å². The lowest BCUT2D eigenvalue weighted by molar-refractivity contribution is 0.228. The molecule has 0 bridgehead atoms. The Labute approximate surface area is 110 Å². The molecule has 0 unspecified atom stereocenters. The Kier molecular flexibility index (Phi) is 5.34. The Morgan fingerprint density at radius 3 is 2.83 bits per heavy atom. The van der Waals surface area contributed by atoms with Gasteiger partial charge in [-0.2, -0.15) is 0 Å². The van der Waals surface area contributed by atoms with Gasteiger partial charge >= 0.3 is 0 Å². The fraction of sp³-hybridized carbons (Fsp3) is 0.600. The first-order chi connectivity index (χ1) is 8.88. The van der Waals surface area contributed by atoms with E-state index in [1.807, 2.05) is 18.2 Å². The summed E-state index contributed by atoms with van der Waals surface area (Å²) in [5.74, 6) is 0.913. The Bertz CT molecular complexity index is 348. The zero-order chi connectivity index (χ0) is 12.6. The first-order valence-corrected chi connectivity index (χ1v) is 6.99. The molecule has 0 aliphatic carbocycles. The number of ether oxygens (including phenoxy) is 1. The largest absolute Gasteiger partial charge is 0.497 e. The number of nitrogens with zero attached hydrogens (tertiary/aromatic N) is 1. The van der Waals surface area contributed by atoms with Crippen LogP contribution in [0.15, 0.2) is 24.3 Å². The number of hydrogen-bond acceptors (Lipinski definition) is 3. The van der Waals surface area contributed by atoms with Gasteiger partial charge in [0.2, 0.25) is 0 Å². The van der Waals surface area contributed by atoms with Crippen LogP contribution < -0.4 is 10.1 Å². The second-order valence-corrected chi connectivity index (χ2v) is 4.91. The minimum absolute atomic E-state index is 0.913. The molecule has 0 amide bonds. The summed E-state index contributed by atoms with van der Waals surface area (Å²) < 4.78 is 5.21. The third-order valence-electron chi connectivity index (χ3n) is 3.50. The zero-order valence-electron chi connectivity index (χ0n) is 11.3. The number of rotatable bonds is 6. The SMILES string of the molecule is COc1cccc(NCCCN2CCCCC2)c1. The number of hydrogen-bond donors (Lipinski definition) is 1. The van der Waals surface area contributed by atoms with Gasteiger partial charge in [-0.15, -0.1) is 0 Å². The maximum atomic E-state index is 5.21. The molecule has 1 fully saturated rings. The van der Waals surface area contributed by atoms with E-state index in [4.69, 9.17) is 4.74 Å². The summed E-state index contributed by atoms with van der Waals surface area (Å²) >= 11 is 0. The van der Waals surface area contributed by atoms with E-state index >= 15 is 0 Å². The van der Waals surface area contributed by atoms with E-state index in [0.29, 0.717) is 0 Å². The lowest BCUT2D eigenvalue weighted by atomic mass is 10.1. The van der Waals surface area contributed by atoms with Crippen molar-refractivity contribution >= 4 is 5.69 Å². The average molecular weight is 248 g/mol. The third kappa shape index (κ3) is 4.22. The van der Waals surface area contributed by atoms with Gasteiger partial charge in [0.1, 0.15) is 5.75 Å². The maximum absolute atomic E-state index is 5.21. The molecule has 100 valence electrons. The third-order valence-corrected chi connectivity index (χ3v) is 3.50. The molecule has 1 N–H and O–H groups in total. The highest BCUT2D eigenvalue weighted by atomic mass is 16.5. The zero-order valence-corrected chi connectivity index (χ0v) is 11.3. The molecular weight excluding hydrogens is 224 g/mol. The van der Waals surface area contributed by atoms with Crippen LogP contribution >= 0.6 is 0 Å². The molecule has 2 rings (SSSR count). The van der Waals surface area contributed by atoms with Gasteiger partial charge in [0.15, 0.2) is 0 Å². The van der Waals surface area contributed by atoms with E-state index in [9.17, 15) is 0 Å². The van der Waals surface area contributed by atoms with Crippen LogP contribution in [0.3, 0.4) is 0 Å². The smallest absolute Gasteiger partial charge is 0.120 e. The van der Waals surface area contributed by atoms with Gasteiger partial charge in [-0.3, -0.25) is 0 Å². The van der Waals surface area contributed by atoms with Crippen LogP contribution in [0.2, 0.25) is 0 Å². The molecule has 1 heterocycles. The highest BCUT2D eigenvalue weighted by Gasteiger charge is 2.08. The summed E-state index contributed by atoms with van der Waals surface area (Å²) in [5.41, 5.74) is 1.15. The van der Waals surface area contributed by atoms with Crippen LogP contribution in [0.4, 0.5) is 5.69 Å². The first kappa shape index (κ1) is 13.2. The van der Waals surface area contributed by atoms with Crippen molar-refractivity contribution in [3.05, 3.63) is 24.3 Å². The van der Waals surface area contributed by atoms with Crippen molar-refractivity contribution in [2.45, 2.75) is 25.7 Å². The van der Waals surface area contributed by atoms with E-state index in [1.54, 1.807) is 7.11 Å². The highest BCUT2D eigenvalue weighted by Crippen LogP contribution is 2.16.